The molecule has 1 saturated heterocycles. The van der Waals surface area contributed by atoms with Crippen LogP contribution in [-0.4, -0.2) is 61.1 Å². The first-order chi connectivity index (χ1) is 15.6. The summed E-state index contributed by atoms with van der Waals surface area (Å²) in [6.07, 6.45) is 5.59. The van der Waals surface area contributed by atoms with E-state index in [1.165, 1.54) is 25.1 Å². The van der Waals surface area contributed by atoms with Gasteiger partial charge in [-0.05, 0) is 69.0 Å². The van der Waals surface area contributed by atoms with E-state index in [0.29, 0.717) is 23.0 Å². The van der Waals surface area contributed by atoms with Crippen molar-refractivity contribution in [3.8, 4) is 5.75 Å². The first-order valence-corrected chi connectivity index (χ1v) is 11.9. The Morgan fingerprint density at radius 1 is 1.03 bits per heavy atom. The van der Waals surface area contributed by atoms with Gasteiger partial charge in [-0.15, -0.1) is 0 Å². The molecule has 6 heteroatoms. The van der Waals surface area contributed by atoms with Gasteiger partial charge >= 0.3 is 0 Å². The molecule has 1 heterocycles. The number of nitrogen functional groups attached to an aromatic ring is 1. The molecule has 0 bridgehead atoms. The van der Waals surface area contributed by atoms with Crippen LogP contribution in [0.3, 0.4) is 0 Å². The van der Waals surface area contributed by atoms with E-state index in [0.717, 1.165) is 45.3 Å². The van der Waals surface area contributed by atoms with E-state index < -0.39 is 0 Å². The van der Waals surface area contributed by atoms with Crippen LogP contribution >= 0.6 is 0 Å². The van der Waals surface area contributed by atoms with Crippen molar-refractivity contribution in [1.29, 1.82) is 0 Å². The Balaban J connectivity index is 1.23. The molecule has 2 aromatic carbocycles. The highest BCUT2D eigenvalue weighted by Crippen LogP contribution is 2.26. The molecule has 2 aromatic rings. The maximum Gasteiger partial charge on any atom is 0.251 e. The van der Waals surface area contributed by atoms with Crippen LogP contribution in [0.4, 0.5) is 5.69 Å². The predicted octanol–water partition coefficient (Wildman–Crippen LogP) is 3.53. The summed E-state index contributed by atoms with van der Waals surface area (Å²) < 4.78 is 5.24. The number of hydrogen-bond donors (Lipinski definition) is 2. The van der Waals surface area contributed by atoms with Gasteiger partial charge in [-0.1, -0.05) is 30.3 Å². The normalized spacial score (nSPS) is 22.8. The summed E-state index contributed by atoms with van der Waals surface area (Å²) in [7, 11) is 1.57. The number of ether oxygens (including phenoxy) is 1. The summed E-state index contributed by atoms with van der Waals surface area (Å²) in [5.41, 5.74) is 8.41. The number of carbonyl (C=O) groups is 1. The molecule has 0 atom stereocenters. The zero-order valence-electron chi connectivity index (χ0n) is 19.1. The van der Waals surface area contributed by atoms with E-state index in [4.69, 9.17) is 10.5 Å². The molecule has 2 fully saturated rings. The number of rotatable bonds is 6. The highest BCUT2D eigenvalue weighted by atomic mass is 16.5. The zero-order valence-corrected chi connectivity index (χ0v) is 19.1. The summed E-state index contributed by atoms with van der Waals surface area (Å²) in [5.74, 6) is 0.502. The van der Waals surface area contributed by atoms with E-state index in [1.807, 2.05) is 0 Å². The molecule has 0 spiro atoms. The summed E-state index contributed by atoms with van der Waals surface area (Å²) >= 11 is 0. The second-order valence-electron chi connectivity index (χ2n) is 9.09. The lowest BCUT2D eigenvalue weighted by molar-refractivity contribution is 0.0903. The molecule has 6 nitrogen and oxygen atoms in total. The van der Waals surface area contributed by atoms with Gasteiger partial charge in [-0.25, -0.2) is 0 Å². The number of nitrogens with one attached hydrogen (secondary N) is 1. The highest BCUT2D eigenvalue weighted by molar-refractivity contribution is 5.95. The molecule has 2 aliphatic rings. The molecule has 3 N–H and O–H groups in total. The summed E-state index contributed by atoms with van der Waals surface area (Å²) in [6.45, 7) is 5.66. The lowest BCUT2D eigenvalue weighted by atomic mass is 9.89. The van der Waals surface area contributed by atoms with Crippen LogP contribution in [-0.2, 0) is 6.54 Å². The molecule has 1 amide bonds. The number of nitrogens with zero attached hydrogens (tertiary/aromatic N) is 2. The van der Waals surface area contributed by atoms with Crippen LogP contribution in [0.2, 0.25) is 0 Å². The number of anilines is 1. The minimum absolute atomic E-state index is 0.0434. The lowest BCUT2D eigenvalue weighted by Crippen LogP contribution is -2.45. The van der Waals surface area contributed by atoms with Crippen molar-refractivity contribution in [2.75, 3.05) is 39.0 Å². The van der Waals surface area contributed by atoms with E-state index in [1.54, 1.807) is 25.3 Å². The Labute approximate surface area is 191 Å². The van der Waals surface area contributed by atoms with Gasteiger partial charge in [0.15, 0.2) is 0 Å². The van der Waals surface area contributed by atoms with E-state index >= 15 is 0 Å². The molecule has 4 rings (SSSR count). The molecular formula is C26H36N4O2. The van der Waals surface area contributed by atoms with Crippen LogP contribution in [0.15, 0.2) is 48.5 Å². The number of benzene rings is 2. The lowest BCUT2D eigenvalue weighted by Gasteiger charge is -2.36. The predicted molar refractivity (Wildman–Crippen MR) is 129 cm³/mol. The molecule has 0 unspecified atom stereocenters. The average molecular weight is 437 g/mol. The van der Waals surface area contributed by atoms with Crippen LogP contribution < -0.4 is 15.8 Å². The molecule has 172 valence electrons. The third-order valence-corrected chi connectivity index (χ3v) is 6.92. The second-order valence-corrected chi connectivity index (χ2v) is 9.09. The van der Waals surface area contributed by atoms with Crippen LogP contribution in [0.25, 0.3) is 0 Å². The van der Waals surface area contributed by atoms with Crippen molar-refractivity contribution < 1.29 is 9.53 Å². The van der Waals surface area contributed by atoms with E-state index in [9.17, 15) is 4.79 Å². The van der Waals surface area contributed by atoms with Crippen molar-refractivity contribution in [2.45, 2.75) is 50.7 Å². The Kier molecular flexibility index (Phi) is 7.66. The molecule has 1 aliphatic heterocycles. The first kappa shape index (κ1) is 22.6. The first-order valence-electron chi connectivity index (χ1n) is 11.9. The van der Waals surface area contributed by atoms with Gasteiger partial charge in [-0.2, -0.15) is 0 Å². The van der Waals surface area contributed by atoms with Crippen LogP contribution in [0, 0.1) is 0 Å². The third-order valence-electron chi connectivity index (χ3n) is 6.92. The van der Waals surface area contributed by atoms with Crippen LogP contribution in [0.1, 0.15) is 48.0 Å². The highest BCUT2D eigenvalue weighted by Gasteiger charge is 2.28. The number of carbonyl (C=O) groups excluding carboxylic acids is 1. The summed E-state index contributed by atoms with van der Waals surface area (Å²) in [6, 6.07) is 16.9. The quantitative estimate of drug-likeness (QED) is 0.678. The zero-order chi connectivity index (χ0) is 22.3. The van der Waals surface area contributed by atoms with Gasteiger partial charge in [0, 0.05) is 37.3 Å². The number of nitrogens with two attached hydrogens (primary N) is 1. The van der Waals surface area contributed by atoms with Crippen molar-refractivity contribution in [3.05, 3.63) is 59.7 Å². The molecule has 0 aromatic heterocycles. The second kappa shape index (κ2) is 10.8. The Morgan fingerprint density at radius 2 is 1.81 bits per heavy atom. The molecular weight excluding hydrogens is 400 g/mol. The van der Waals surface area contributed by atoms with E-state index in [2.05, 4.69) is 45.4 Å². The van der Waals surface area contributed by atoms with Crippen molar-refractivity contribution >= 4 is 11.6 Å². The number of methoxy groups -OCH3 is 1. The van der Waals surface area contributed by atoms with Crippen molar-refractivity contribution in [3.63, 3.8) is 0 Å². The number of amides is 1. The SMILES string of the molecule is COc1cc(C(=O)NC2CCC(N3CCCN(Cc4ccccc4)CC3)CC2)ccc1N. The van der Waals surface area contributed by atoms with Crippen molar-refractivity contribution in [2.24, 2.45) is 0 Å². The topological polar surface area (TPSA) is 70.8 Å². The Hall–Kier alpha value is -2.57. The van der Waals surface area contributed by atoms with E-state index in [-0.39, 0.29) is 11.9 Å². The standard InChI is InChI=1S/C26H36N4O2/c1-32-25-18-21(8-13-24(25)27)26(31)28-22-9-11-23(12-10-22)30-15-5-14-29(16-17-30)19-20-6-3-2-4-7-20/h2-4,6-8,13,18,22-23H,5,9-12,14-17,19,27H2,1H3,(H,28,31). The summed E-state index contributed by atoms with van der Waals surface area (Å²) in [4.78, 5) is 18.0. The minimum atomic E-state index is -0.0434. The smallest absolute Gasteiger partial charge is 0.251 e. The maximum absolute atomic E-state index is 12.7. The van der Waals surface area contributed by atoms with Gasteiger partial charge < -0.3 is 15.8 Å². The fraction of sp³-hybridized carbons (Fsp3) is 0.500. The fourth-order valence-corrected chi connectivity index (χ4v) is 5.06. The molecule has 0 radical (unpaired) electrons. The molecule has 32 heavy (non-hydrogen) atoms. The van der Waals surface area contributed by atoms with Gasteiger partial charge in [0.1, 0.15) is 5.75 Å². The monoisotopic (exact) mass is 436 g/mol. The van der Waals surface area contributed by atoms with Gasteiger partial charge in [0.2, 0.25) is 0 Å². The van der Waals surface area contributed by atoms with Gasteiger partial charge in [0.25, 0.3) is 5.91 Å². The van der Waals surface area contributed by atoms with Gasteiger partial charge in [-0.3, -0.25) is 14.6 Å². The maximum atomic E-state index is 12.7. The van der Waals surface area contributed by atoms with Crippen molar-refractivity contribution in [1.82, 2.24) is 15.1 Å². The molecule has 1 aliphatic carbocycles. The minimum Gasteiger partial charge on any atom is -0.495 e. The summed E-state index contributed by atoms with van der Waals surface area (Å²) in [5, 5.41) is 3.21. The average Bonchev–Trinajstić information content (AvgIpc) is 3.06. The largest absolute Gasteiger partial charge is 0.495 e. The number of hydrogen-bond acceptors (Lipinski definition) is 5. The van der Waals surface area contributed by atoms with Gasteiger partial charge in [0.05, 0.1) is 12.8 Å². The van der Waals surface area contributed by atoms with Crippen LogP contribution in [0.5, 0.6) is 5.75 Å². The third kappa shape index (κ3) is 5.81. The fourth-order valence-electron chi connectivity index (χ4n) is 5.06. The Morgan fingerprint density at radius 3 is 2.56 bits per heavy atom. The molecule has 1 saturated carbocycles. The Bertz CT molecular complexity index is 881.